The molecular weight excluding hydrogens is 1160 g/mol. The molecule has 17 nitrogen and oxygen atoms in total. The van der Waals surface area contributed by atoms with Crippen molar-refractivity contribution in [3.63, 3.8) is 0 Å². The topological polar surface area (TPSA) is 237 Å². The monoisotopic (exact) mass is 1290 g/mol. The van der Waals surface area contributed by atoms with Gasteiger partial charge in [-0.05, 0) is 69.1 Å². The number of aliphatic hydroxyl groups is 1. The van der Waals surface area contributed by atoms with Gasteiger partial charge in [-0.2, -0.15) is 0 Å². The fraction of sp³-hybridized carbons (Fsp3) is 0.884. The van der Waals surface area contributed by atoms with E-state index in [4.69, 9.17) is 37.0 Å². The van der Waals surface area contributed by atoms with Crippen LogP contribution in [0.25, 0.3) is 0 Å². The highest BCUT2D eigenvalue weighted by Crippen LogP contribution is 2.45. The third kappa shape index (κ3) is 61.1. The number of hydrogen-bond donors (Lipinski definition) is 3. The summed E-state index contributed by atoms with van der Waals surface area (Å²) in [5.41, 5.74) is 0. The second-order valence-corrected chi connectivity index (χ2v) is 28.3. The highest BCUT2D eigenvalue weighted by molar-refractivity contribution is 7.47. The summed E-state index contributed by atoms with van der Waals surface area (Å²) in [5, 5.41) is 10.6. The van der Waals surface area contributed by atoms with Crippen LogP contribution in [-0.2, 0) is 65.4 Å². The van der Waals surface area contributed by atoms with Crippen molar-refractivity contribution in [2.24, 2.45) is 17.8 Å². The molecule has 0 aromatic heterocycles. The first-order valence-electron chi connectivity index (χ1n) is 35.2. The van der Waals surface area contributed by atoms with Crippen LogP contribution >= 0.6 is 15.6 Å². The Morgan fingerprint density at radius 1 is 0.375 bits per heavy atom. The van der Waals surface area contributed by atoms with E-state index in [-0.39, 0.29) is 25.7 Å². The zero-order chi connectivity index (χ0) is 65.2. The van der Waals surface area contributed by atoms with Gasteiger partial charge in [0.2, 0.25) is 0 Å². The molecule has 19 heteroatoms. The van der Waals surface area contributed by atoms with Crippen LogP contribution in [0, 0.1) is 17.8 Å². The zero-order valence-electron chi connectivity index (χ0n) is 56.7. The molecule has 3 N–H and O–H groups in total. The van der Waals surface area contributed by atoms with Gasteiger partial charge >= 0.3 is 39.5 Å². The van der Waals surface area contributed by atoms with Gasteiger partial charge in [-0.15, -0.1) is 0 Å². The molecule has 0 aromatic rings. The summed E-state index contributed by atoms with van der Waals surface area (Å²) < 4.78 is 68.1. The molecule has 3 unspecified atom stereocenters. The van der Waals surface area contributed by atoms with E-state index in [1.165, 1.54) is 103 Å². The second-order valence-electron chi connectivity index (χ2n) is 25.4. The first-order chi connectivity index (χ1) is 42.3. The lowest BCUT2D eigenvalue weighted by molar-refractivity contribution is -0.161. The third-order valence-corrected chi connectivity index (χ3v) is 17.5. The maximum Gasteiger partial charge on any atom is 0.472 e. The Morgan fingerprint density at radius 2 is 0.670 bits per heavy atom. The van der Waals surface area contributed by atoms with Crippen LogP contribution in [0.4, 0.5) is 0 Å². The summed E-state index contributed by atoms with van der Waals surface area (Å²) in [7, 11) is -9.91. The van der Waals surface area contributed by atoms with Gasteiger partial charge in [0.15, 0.2) is 12.2 Å². The lowest BCUT2D eigenvalue weighted by Gasteiger charge is -2.21. The first-order valence-corrected chi connectivity index (χ1v) is 38.2. The van der Waals surface area contributed by atoms with E-state index in [2.05, 4.69) is 72.8 Å². The summed E-state index contributed by atoms with van der Waals surface area (Å²) in [4.78, 5) is 72.4. The van der Waals surface area contributed by atoms with Gasteiger partial charge in [0.25, 0.3) is 0 Å². The molecule has 88 heavy (non-hydrogen) atoms. The Balaban J connectivity index is 5.29. The van der Waals surface area contributed by atoms with Crippen molar-refractivity contribution in [2.45, 2.75) is 336 Å². The largest absolute Gasteiger partial charge is 0.472 e. The van der Waals surface area contributed by atoms with Crippen LogP contribution < -0.4 is 0 Å². The van der Waals surface area contributed by atoms with Gasteiger partial charge in [0, 0.05) is 25.7 Å². The Hall–Kier alpha value is -2.46. The standard InChI is InChI=1S/C69H130O17P2/c1-8-10-11-12-13-14-15-16-17-18-19-23-28-36-43-50-66(71)79-56-64(85-68(73)52-45-38-29-24-21-20-22-26-33-40-47-60(3)4)58-83-87(75,76)81-54-63(70)55-82-88(77,78)84-59-65(86-69(74)53-46-39-30-25-27-34-41-48-61(5)6)57-80-67(72)51-44-37-32-31-35-42-49-62(7)9-2/h14-17,60-65,70H,8-13,18-59H2,1-7H3,(H,75,76)(H,77,78)/b15-14-,17-16-/t62?,63-,64-,65-/m1/s1. The van der Waals surface area contributed by atoms with Crippen molar-refractivity contribution in [1.82, 2.24) is 0 Å². The molecule has 0 aliphatic carbocycles. The van der Waals surface area contributed by atoms with E-state index in [1.807, 2.05) is 0 Å². The number of hydrogen-bond acceptors (Lipinski definition) is 15. The van der Waals surface area contributed by atoms with Crippen LogP contribution in [0.2, 0.25) is 0 Å². The average molecular weight is 1290 g/mol. The van der Waals surface area contributed by atoms with E-state index in [1.54, 1.807) is 0 Å². The maximum atomic E-state index is 13.0. The summed E-state index contributed by atoms with van der Waals surface area (Å²) in [6.07, 6.45) is 45.4. The second kappa shape index (κ2) is 59.5. The zero-order valence-corrected chi connectivity index (χ0v) is 58.5. The number of phosphoric acid groups is 2. The fourth-order valence-corrected chi connectivity index (χ4v) is 11.4. The molecule has 0 radical (unpaired) electrons. The SMILES string of the molecule is CCCCCC/C=C\C=C/CCCCCCCC(=O)OC[C@H](COP(=O)(O)OC[C@@H](O)COP(=O)(O)OC[C@@H](COC(=O)CCCCCCCCC(C)CC)OC(=O)CCCCCCCCCC(C)C)OC(=O)CCCCCCCCCCCCC(C)C. The number of phosphoric ester groups is 2. The molecule has 0 aromatic carbocycles. The molecule has 0 spiro atoms. The van der Waals surface area contributed by atoms with Crippen molar-refractivity contribution in [3.05, 3.63) is 24.3 Å². The Kier molecular flexibility index (Phi) is 57.9. The lowest BCUT2D eigenvalue weighted by atomic mass is 10.00. The number of carbonyl (C=O) groups is 4. The van der Waals surface area contributed by atoms with Crippen molar-refractivity contribution in [2.75, 3.05) is 39.6 Å². The first kappa shape index (κ1) is 85.5. The van der Waals surface area contributed by atoms with Gasteiger partial charge in [0.05, 0.1) is 26.4 Å². The summed E-state index contributed by atoms with van der Waals surface area (Å²) in [5.74, 6) is 0.0103. The molecule has 0 aliphatic rings. The lowest BCUT2D eigenvalue weighted by Crippen LogP contribution is -2.30. The van der Waals surface area contributed by atoms with Crippen LogP contribution in [-0.4, -0.2) is 96.7 Å². The predicted octanol–water partition coefficient (Wildman–Crippen LogP) is 19.0. The summed E-state index contributed by atoms with van der Waals surface area (Å²) >= 11 is 0. The van der Waals surface area contributed by atoms with E-state index >= 15 is 0 Å². The maximum absolute atomic E-state index is 13.0. The minimum Gasteiger partial charge on any atom is -0.462 e. The molecule has 518 valence electrons. The van der Waals surface area contributed by atoms with E-state index in [0.29, 0.717) is 31.6 Å². The number of ether oxygens (including phenoxy) is 4. The molecule has 0 rings (SSSR count). The van der Waals surface area contributed by atoms with Crippen molar-refractivity contribution < 1.29 is 80.2 Å². The number of esters is 4. The number of rotatable bonds is 65. The molecular formula is C69H130O17P2. The van der Waals surface area contributed by atoms with Gasteiger partial charge in [-0.1, -0.05) is 265 Å². The molecule has 6 atom stereocenters. The fourth-order valence-electron chi connectivity index (χ4n) is 9.79. The highest BCUT2D eigenvalue weighted by atomic mass is 31.2. The van der Waals surface area contributed by atoms with E-state index in [0.717, 1.165) is 127 Å². The quantitative estimate of drug-likeness (QED) is 0.0169. The minimum absolute atomic E-state index is 0.0984. The van der Waals surface area contributed by atoms with Gasteiger partial charge in [-0.3, -0.25) is 37.3 Å². The summed E-state index contributed by atoms with van der Waals surface area (Å²) in [6.45, 7) is 11.6. The number of allylic oxidation sites excluding steroid dienone is 4. The Morgan fingerprint density at radius 3 is 1.01 bits per heavy atom. The highest BCUT2D eigenvalue weighted by Gasteiger charge is 2.30. The minimum atomic E-state index is -4.96. The van der Waals surface area contributed by atoms with Crippen LogP contribution in [0.1, 0.15) is 318 Å². The van der Waals surface area contributed by atoms with Gasteiger partial charge in [0.1, 0.15) is 19.3 Å². The van der Waals surface area contributed by atoms with Gasteiger partial charge in [-0.25, -0.2) is 9.13 Å². The molecule has 0 saturated heterocycles. The number of unbranched alkanes of at least 4 members (excludes halogenated alkanes) is 29. The van der Waals surface area contributed by atoms with Crippen molar-refractivity contribution >= 4 is 39.5 Å². The van der Waals surface area contributed by atoms with E-state index < -0.39 is 97.5 Å². The molecule has 0 saturated carbocycles. The third-order valence-electron chi connectivity index (χ3n) is 15.6. The molecule has 0 bridgehead atoms. The van der Waals surface area contributed by atoms with Crippen LogP contribution in [0.5, 0.6) is 0 Å². The van der Waals surface area contributed by atoms with E-state index in [9.17, 15) is 43.2 Å². The van der Waals surface area contributed by atoms with Crippen LogP contribution in [0.15, 0.2) is 24.3 Å². The van der Waals surface area contributed by atoms with Crippen molar-refractivity contribution in [1.29, 1.82) is 0 Å². The van der Waals surface area contributed by atoms with Crippen LogP contribution in [0.3, 0.4) is 0 Å². The smallest absolute Gasteiger partial charge is 0.462 e. The normalized spacial score (nSPS) is 14.7. The molecule has 0 fully saturated rings. The van der Waals surface area contributed by atoms with Crippen molar-refractivity contribution in [3.8, 4) is 0 Å². The molecule has 0 heterocycles. The average Bonchev–Trinajstić information content (AvgIpc) is 3.59. The Labute approximate surface area is 535 Å². The Bertz CT molecular complexity index is 1830. The molecule has 0 aliphatic heterocycles. The summed E-state index contributed by atoms with van der Waals surface area (Å²) in [6, 6.07) is 0. The molecule has 0 amide bonds. The predicted molar refractivity (Wildman–Crippen MR) is 354 cm³/mol. The number of carbonyl (C=O) groups excluding carboxylic acids is 4. The van der Waals surface area contributed by atoms with Gasteiger partial charge < -0.3 is 33.8 Å². The number of aliphatic hydroxyl groups excluding tert-OH is 1.